The number of carbonyl (C=O) groups excluding carboxylic acids is 1. The summed E-state index contributed by atoms with van der Waals surface area (Å²) in [5.41, 5.74) is 3.98. The Morgan fingerprint density at radius 2 is 1.89 bits per heavy atom. The second kappa shape index (κ2) is 9.71. The van der Waals surface area contributed by atoms with Crippen molar-refractivity contribution >= 4 is 11.7 Å². The van der Waals surface area contributed by atoms with Crippen LogP contribution in [-0.4, -0.2) is 21.7 Å². The average Bonchev–Trinajstić information content (AvgIpc) is 3.18. The van der Waals surface area contributed by atoms with Crippen molar-refractivity contribution in [3.8, 4) is 0 Å². The topological polar surface area (TPSA) is 68.2 Å². The lowest BCUT2D eigenvalue weighted by Crippen LogP contribution is -2.28. The molecule has 2 amide bonds. The molecule has 3 aromatic rings. The molecule has 146 valence electrons. The van der Waals surface area contributed by atoms with Crippen molar-refractivity contribution in [2.75, 3.05) is 5.32 Å². The van der Waals surface area contributed by atoms with Crippen LogP contribution in [0.3, 0.4) is 0 Å². The molecule has 1 heterocycles. The van der Waals surface area contributed by atoms with Crippen LogP contribution in [0.1, 0.15) is 30.5 Å². The fraction of sp³-hybridized carbons (Fsp3) is 0.273. The summed E-state index contributed by atoms with van der Waals surface area (Å²) in [6, 6.07) is 15.6. The van der Waals surface area contributed by atoms with Crippen LogP contribution in [0.25, 0.3) is 0 Å². The molecule has 0 fully saturated rings. The molecule has 0 aliphatic rings. The standard InChI is InChI=1S/C22H26N4O2/c1-17(2)28-15-20-7-4-8-21(12-20)25-22(27)24-13-18-5-3-6-19(11-18)14-26-10-9-23-16-26/h3-12,16-17H,13-15H2,1-2H3,(H2,24,25,27). The van der Waals surface area contributed by atoms with Crippen LogP contribution in [0.15, 0.2) is 67.3 Å². The summed E-state index contributed by atoms with van der Waals surface area (Å²) >= 11 is 0. The molecular weight excluding hydrogens is 352 g/mol. The van der Waals surface area contributed by atoms with Crippen LogP contribution in [-0.2, 0) is 24.4 Å². The summed E-state index contributed by atoms with van der Waals surface area (Å²) in [6.45, 7) is 5.74. The van der Waals surface area contributed by atoms with Gasteiger partial charge in [-0.1, -0.05) is 36.4 Å². The van der Waals surface area contributed by atoms with Crippen molar-refractivity contribution in [2.45, 2.75) is 39.6 Å². The number of hydrogen-bond acceptors (Lipinski definition) is 3. The van der Waals surface area contributed by atoms with Gasteiger partial charge in [-0.15, -0.1) is 0 Å². The summed E-state index contributed by atoms with van der Waals surface area (Å²) < 4.78 is 7.62. The van der Waals surface area contributed by atoms with Crippen LogP contribution < -0.4 is 10.6 Å². The highest BCUT2D eigenvalue weighted by molar-refractivity contribution is 5.89. The van der Waals surface area contributed by atoms with E-state index in [2.05, 4.69) is 27.8 Å². The van der Waals surface area contributed by atoms with E-state index in [9.17, 15) is 4.79 Å². The second-order valence-corrected chi connectivity index (χ2v) is 6.92. The lowest BCUT2D eigenvalue weighted by atomic mass is 10.1. The van der Waals surface area contributed by atoms with Crippen molar-refractivity contribution in [1.29, 1.82) is 0 Å². The van der Waals surface area contributed by atoms with Crippen molar-refractivity contribution < 1.29 is 9.53 Å². The van der Waals surface area contributed by atoms with Gasteiger partial charge in [0.2, 0.25) is 0 Å². The number of aromatic nitrogens is 2. The Kier molecular flexibility index (Phi) is 6.81. The number of imidazole rings is 1. The summed E-state index contributed by atoms with van der Waals surface area (Å²) in [4.78, 5) is 16.3. The molecule has 6 heteroatoms. The number of amides is 2. The molecule has 0 saturated heterocycles. The minimum Gasteiger partial charge on any atom is -0.374 e. The smallest absolute Gasteiger partial charge is 0.319 e. The third-order valence-corrected chi connectivity index (χ3v) is 4.14. The summed E-state index contributed by atoms with van der Waals surface area (Å²) in [6.07, 6.45) is 5.65. The Hall–Kier alpha value is -3.12. The van der Waals surface area contributed by atoms with Gasteiger partial charge in [-0.2, -0.15) is 0 Å². The van der Waals surface area contributed by atoms with E-state index in [4.69, 9.17) is 4.74 Å². The zero-order valence-electron chi connectivity index (χ0n) is 16.3. The van der Waals surface area contributed by atoms with Gasteiger partial charge in [0.15, 0.2) is 0 Å². The molecule has 2 N–H and O–H groups in total. The van der Waals surface area contributed by atoms with Crippen LogP contribution >= 0.6 is 0 Å². The second-order valence-electron chi connectivity index (χ2n) is 6.92. The molecule has 0 spiro atoms. The highest BCUT2D eigenvalue weighted by Gasteiger charge is 2.04. The molecule has 0 atom stereocenters. The Morgan fingerprint density at radius 3 is 2.68 bits per heavy atom. The third kappa shape index (κ3) is 6.25. The van der Waals surface area contributed by atoms with E-state index < -0.39 is 0 Å². The van der Waals surface area contributed by atoms with E-state index in [1.165, 1.54) is 0 Å². The summed E-state index contributed by atoms with van der Waals surface area (Å²) in [5, 5.41) is 5.78. The van der Waals surface area contributed by atoms with E-state index in [1.807, 2.05) is 61.0 Å². The number of ether oxygens (including phenoxy) is 1. The van der Waals surface area contributed by atoms with Gasteiger partial charge >= 0.3 is 6.03 Å². The number of carbonyl (C=O) groups is 1. The first kappa shape index (κ1) is 19.6. The molecule has 3 rings (SSSR count). The molecule has 0 aliphatic heterocycles. The highest BCUT2D eigenvalue weighted by atomic mass is 16.5. The van der Waals surface area contributed by atoms with Crippen LogP contribution in [0.4, 0.5) is 10.5 Å². The fourth-order valence-corrected chi connectivity index (χ4v) is 2.79. The number of anilines is 1. The van der Waals surface area contributed by atoms with Gasteiger partial charge in [-0.3, -0.25) is 0 Å². The first-order chi connectivity index (χ1) is 13.6. The molecule has 1 aromatic heterocycles. The molecule has 28 heavy (non-hydrogen) atoms. The van der Waals surface area contributed by atoms with E-state index in [0.717, 1.165) is 28.9 Å². The SMILES string of the molecule is CC(C)OCc1cccc(NC(=O)NCc2cccc(Cn3ccnc3)c2)c1. The molecule has 6 nitrogen and oxygen atoms in total. The molecule has 0 aliphatic carbocycles. The van der Waals surface area contributed by atoms with Crippen molar-refractivity contribution in [1.82, 2.24) is 14.9 Å². The largest absolute Gasteiger partial charge is 0.374 e. The number of urea groups is 1. The van der Waals surface area contributed by atoms with Crippen molar-refractivity contribution in [2.24, 2.45) is 0 Å². The zero-order chi connectivity index (χ0) is 19.8. The van der Waals surface area contributed by atoms with Gasteiger partial charge in [0.1, 0.15) is 0 Å². The lowest BCUT2D eigenvalue weighted by Gasteiger charge is -2.11. The lowest BCUT2D eigenvalue weighted by molar-refractivity contribution is 0.0657. The maximum Gasteiger partial charge on any atom is 0.319 e. The minimum absolute atomic E-state index is 0.171. The van der Waals surface area contributed by atoms with E-state index >= 15 is 0 Å². The monoisotopic (exact) mass is 378 g/mol. The first-order valence-electron chi connectivity index (χ1n) is 9.37. The molecular formula is C22H26N4O2. The fourth-order valence-electron chi connectivity index (χ4n) is 2.79. The molecule has 2 aromatic carbocycles. The quantitative estimate of drug-likeness (QED) is 0.618. The maximum absolute atomic E-state index is 12.2. The van der Waals surface area contributed by atoms with Crippen molar-refractivity contribution in [3.05, 3.63) is 83.9 Å². The van der Waals surface area contributed by atoms with Crippen LogP contribution in [0.2, 0.25) is 0 Å². The van der Waals surface area contributed by atoms with Gasteiger partial charge < -0.3 is 19.9 Å². The first-order valence-corrected chi connectivity index (χ1v) is 9.37. The summed E-state index contributed by atoms with van der Waals surface area (Å²) in [5.74, 6) is 0. The molecule has 0 saturated carbocycles. The normalized spacial score (nSPS) is 10.8. The third-order valence-electron chi connectivity index (χ3n) is 4.14. The predicted molar refractivity (Wildman–Crippen MR) is 110 cm³/mol. The number of hydrogen-bond donors (Lipinski definition) is 2. The number of rotatable bonds is 8. The number of nitrogens with zero attached hydrogens (tertiary/aromatic N) is 2. The minimum atomic E-state index is -0.234. The highest BCUT2D eigenvalue weighted by Crippen LogP contribution is 2.13. The van der Waals surface area contributed by atoms with Gasteiger partial charge in [0, 0.05) is 31.2 Å². The van der Waals surface area contributed by atoms with Crippen LogP contribution in [0.5, 0.6) is 0 Å². The Morgan fingerprint density at radius 1 is 1.11 bits per heavy atom. The Bertz CT molecular complexity index is 891. The van der Waals surface area contributed by atoms with Gasteiger partial charge in [0.25, 0.3) is 0 Å². The van der Waals surface area contributed by atoms with Crippen molar-refractivity contribution in [3.63, 3.8) is 0 Å². The molecule has 0 bridgehead atoms. The maximum atomic E-state index is 12.2. The predicted octanol–water partition coefficient (Wildman–Crippen LogP) is 4.18. The Labute approximate surface area is 165 Å². The van der Waals surface area contributed by atoms with E-state index in [0.29, 0.717) is 13.2 Å². The molecule has 0 radical (unpaired) electrons. The zero-order valence-corrected chi connectivity index (χ0v) is 16.3. The van der Waals surface area contributed by atoms with Gasteiger partial charge in [0.05, 0.1) is 19.0 Å². The number of benzene rings is 2. The summed E-state index contributed by atoms with van der Waals surface area (Å²) in [7, 11) is 0. The number of nitrogens with one attached hydrogen (secondary N) is 2. The van der Waals surface area contributed by atoms with Crippen LogP contribution in [0, 0.1) is 0 Å². The van der Waals surface area contributed by atoms with E-state index in [1.54, 1.807) is 12.5 Å². The van der Waals surface area contributed by atoms with E-state index in [-0.39, 0.29) is 12.1 Å². The molecule has 0 unspecified atom stereocenters. The average molecular weight is 378 g/mol. The van der Waals surface area contributed by atoms with Gasteiger partial charge in [-0.25, -0.2) is 9.78 Å². The van der Waals surface area contributed by atoms with Gasteiger partial charge in [-0.05, 0) is 42.7 Å². The Balaban J connectivity index is 1.51.